The van der Waals surface area contributed by atoms with Gasteiger partial charge in [-0.1, -0.05) is 38.0 Å². The van der Waals surface area contributed by atoms with Crippen LogP contribution >= 0.6 is 0 Å². The third-order valence-electron chi connectivity index (χ3n) is 3.64. The van der Waals surface area contributed by atoms with Gasteiger partial charge in [-0.15, -0.1) is 0 Å². The molecule has 3 nitrogen and oxygen atoms in total. The van der Waals surface area contributed by atoms with E-state index in [0.29, 0.717) is 12.1 Å². The SMILES string of the molecule is CCCCC1NC(c2ccccc2F)N(CC)C1=O. The molecule has 2 rings (SSSR count). The number of rotatable bonds is 5. The second-order valence-corrected chi connectivity index (χ2v) is 4.91. The summed E-state index contributed by atoms with van der Waals surface area (Å²) >= 11 is 0. The number of halogens is 1. The second-order valence-electron chi connectivity index (χ2n) is 4.91. The summed E-state index contributed by atoms with van der Waals surface area (Å²) in [6, 6.07) is 6.47. The van der Waals surface area contributed by atoms with Crippen LogP contribution in [0.3, 0.4) is 0 Å². The Balaban J connectivity index is 2.21. The number of likely N-dealkylation sites (N-methyl/N-ethyl adjacent to an activating group) is 1. The first kappa shape index (κ1) is 14.0. The van der Waals surface area contributed by atoms with Crippen LogP contribution in [-0.4, -0.2) is 23.4 Å². The molecule has 0 radical (unpaired) electrons. The van der Waals surface area contributed by atoms with Crippen molar-refractivity contribution in [2.24, 2.45) is 0 Å². The van der Waals surface area contributed by atoms with Crippen LogP contribution in [-0.2, 0) is 4.79 Å². The highest BCUT2D eigenvalue weighted by Crippen LogP contribution is 2.28. The number of hydrogen-bond acceptors (Lipinski definition) is 2. The van der Waals surface area contributed by atoms with Gasteiger partial charge in [0, 0.05) is 12.1 Å². The largest absolute Gasteiger partial charge is 0.322 e. The first-order valence-corrected chi connectivity index (χ1v) is 7.00. The molecule has 2 unspecified atom stereocenters. The molecule has 1 aromatic rings. The lowest BCUT2D eigenvalue weighted by atomic mass is 10.1. The second kappa shape index (κ2) is 6.15. The maximum atomic E-state index is 13.9. The molecule has 0 aromatic heterocycles. The van der Waals surface area contributed by atoms with Crippen LogP contribution in [0.15, 0.2) is 24.3 Å². The van der Waals surface area contributed by atoms with Crippen LogP contribution in [0.5, 0.6) is 0 Å². The predicted octanol–water partition coefficient (Wildman–Crippen LogP) is 2.83. The fourth-order valence-electron chi connectivity index (χ4n) is 2.59. The normalized spacial score (nSPS) is 23.1. The molecule has 1 amide bonds. The van der Waals surface area contributed by atoms with Crippen LogP contribution in [0.1, 0.15) is 44.8 Å². The fraction of sp³-hybridized carbons (Fsp3) is 0.533. The number of benzene rings is 1. The first-order chi connectivity index (χ1) is 9.19. The molecule has 1 aromatic carbocycles. The van der Waals surface area contributed by atoms with Gasteiger partial charge in [-0.05, 0) is 19.4 Å². The van der Waals surface area contributed by atoms with Gasteiger partial charge in [0.15, 0.2) is 0 Å². The highest BCUT2D eigenvalue weighted by atomic mass is 19.1. The lowest BCUT2D eigenvalue weighted by molar-refractivity contribution is -0.130. The van der Waals surface area contributed by atoms with Crippen LogP contribution in [0.2, 0.25) is 0 Å². The minimum atomic E-state index is -0.333. The molecule has 2 atom stereocenters. The topological polar surface area (TPSA) is 32.3 Å². The Labute approximate surface area is 113 Å². The lowest BCUT2D eigenvalue weighted by Gasteiger charge is -2.23. The number of nitrogens with zero attached hydrogens (tertiary/aromatic N) is 1. The van der Waals surface area contributed by atoms with E-state index in [1.54, 1.807) is 23.1 Å². The highest BCUT2D eigenvalue weighted by Gasteiger charge is 2.38. The van der Waals surface area contributed by atoms with E-state index in [1.165, 1.54) is 6.07 Å². The molecule has 4 heteroatoms. The molecule has 104 valence electrons. The zero-order chi connectivity index (χ0) is 13.8. The number of carbonyl (C=O) groups is 1. The van der Waals surface area contributed by atoms with Crippen LogP contribution < -0.4 is 5.32 Å². The molecule has 1 heterocycles. The Morgan fingerprint density at radius 2 is 2.05 bits per heavy atom. The molecule has 1 aliphatic rings. The van der Waals surface area contributed by atoms with E-state index in [0.717, 1.165) is 19.3 Å². The van der Waals surface area contributed by atoms with Gasteiger partial charge >= 0.3 is 0 Å². The average molecular weight is 264 g/mol. The zero-order valence-electron chi connectivity index (χ0n) is 11.5. The average Bonchev–Trinajstić information content (AvgIpc) is 2.73. The van der Waals surface area contributed by atoms with Crippen molar-refractivity contribution >= 4 is 5.91 Å². The van der Waals surface area contributed by atoms with Gasteiger partial charge in [-0.2, -0.15) is 0 Å². The first-order valence-electron chi connectivity index (χ1n) is 7.00. The van der Waals surface area contributed by atoms with Gasteiger partial charge in [-0.25, -0.2) is 4.39 Å². The predicted molar refractivity (Wildman–Crippen MR) is 73.0 cm³/mol. The summed E-state index contributed by atoms with van der Waals surface area (Å²) in [7, 11) is 0. The van der Waals surface area contributed by atoms with Gasteiger partial charge in [0.1, 0.15) is 12.0 Å². The van der Waals surface area contributed by atoms with Gasteiger partial charge in [0.2, 0.25) is 5.91 Å². The van der Waals surface area contributed by atoms with E-state index in [4.69, 9.17) is 0 Å². The van der Waals surface area contributed by atoms with Crippen molar-refractivity contribution in [3.63, 3.8) is 0 Å². The minimum Gasteiger partial charge on any atom is -0.322 e. The molecule has 0 spiro atoms. The van der Waals surface area contributed by atoms with Crippen molar-refractivity contribution in [3.05, 3.63) is 35.6 Å². The molecular formula is C15H21FN2O. The van der Waals surface area contributed by atoms with Crippen molar-refractivity contribution in [3.8, 4) is 0 Å². The summed E-state index contributed by atoms with van der Waals surface area (Å²) in [4.78, 5) is 14.0. The van der Waals surface area contributed by atoms with Crippen molar-refractivity contribution in [2.45, 2.75) is 45.3 Å². The van der Waals surface area contributed by atoms with Crippen molar-refractivity contribution in [1.29, 1.82) is 0 Å². The number of amides is 1. The van der Waals surface area contributed by atoms with E-state index < -0.39 is 0 Å². The maximum Gasteiger partial charge on any atom is 0.241 e. The molecule has 0 aliphatic carbocycles. The molecule has 0 bridgehead atoms. The molecule has 0 saturated carbocycles. The van der Waals surface area contributed by atoms with E-state index >= 15 is 0 Å². The van der Waals surface area contributed by atoms with E-state index in [2.05, 4.69) is 12.2 Å². The van der Waals surface area contributed by atoms with E-state index in [9.17, 15) is 9.18 Å². The summed E-state index contributed by atoms with van der Waals surface area (Å²) in [6.07, 6.45) is 2.55. The lowest BCUT2D eigenvalue weighted by Crippen LogP contribution is -2.31. The Hall–Kier alpha value is -1.42. The molecule has 1 fully saturated rings. The molecule has 1 aliphatic heterocycles. The summed E-state index contributed by atoms with van der Waals surface area (Å²) in [5.41, 5.74) is 0.552. The number of hydrogen-bond donors (Lipinski definition) is 1. The monoisotopic (exact) mass is 264 g/mol. The van der Waals surface area contributed by atoms with Crippen molar-refractivity contribution in [2.75, 3.05) is 6.54 Å². The van der Waals surface area contributed by atoms with E-state index in [-0.39, 0.29) is 23.9 Å². The van der Waals surface area contributed by atoms with Crippen molar-refractivity contribution in [1.82, 2.24) is 10.2 Å². The summed E-state index contributed by atoms with van der Waals surface area (Å²) in [5.74, 6) is -0.174. The number of carbonyl (C=O) groups excluding carboxylic acids is 1. The third kappa shape index (κ3) is 2.78. The Morgan fingerprint density at radius 3 is 2.68 bits per heavy atom. The highest BCUT2D eigenvalue weighted by molar-refractivity contribution is 5.84. The molecule has 19 heavy (non-hydrogen) atoms. The fourth-order valence-corrected chi connectivity index (χ4v) is 2.59. The van der Waals surface area contributed by atoms with Crippen molar-refractivity contribution < 1.29 is 9.18 Å². The van der Waals surface area contributed by atoms with E-state index in [1.807, 2.05) is 6.92 Å². The van der Waals surface area contributed by atoms with Crippen LogP contribution in [0.25, 0.3) is 0 Å². The molecular weight excluding hydrogens is 243 g/mol. The number of unbranched alkanes of at least 4 members (excludes halogenated alkanes) is 1. The quantitative estimate of drug-likeness (QED) is 0.887. The Morgan fingerprint density at radius 1 is 1.32 bits per heavy atom. The smallest absolute Gasteiger partial charge is 0.241 e. The van der Waals surface area contributed by atoms with Gasteiger partial charge in [0.25, 0.3) is 0 Å². The van der Waals surface area contributed by atoms with Crippen LogP contribution in [0.4, 0.5) is 4.39 Å². The molecule has 1 N–H and O–H groups in total. The van der Waals surface area contributed by atoms with Crippen LogP contribution in [0, 0.1) is 5.82 Å². The Bertz CT molecular complexity index is 450. The summed E-state index contributed by atoms with van der Waals surface area (Å²) in [5, 5.41) is 3.27. The molecule has 1 saturated heterocycles. The number of nitrogens with one attached hydrogen (secondary N) is 1. The zero-order valence-corrected chi connectivity index (χ0v) is 11.5. The standard InChI is InChI=1S/C15H21FN2O/c1-3-5-10-13-15(19)18(4-2)14(17-13)11-8-6-7-9-12(11)16/h6-9,13-14,17H,3-5,10H2,1-2H3. The summed E-state index contributed by atoms with van der Waals surface area (Å²) in [6.45, 7) is 4.62. The van der Waals surface area contributed by atoms with Gasteiger partial charge in [-0.3, -0.25) is 10.1 Å². The minimum absolute atomic E-state index is 0.0872. The van der Waals surface area contributed by atoms with Gasteiger partial charge < -0.3 is 4.90 Å². The summed E-state index contributed by atoms with van der Waals surface area (Å²) < 4.78 is 13.9. The third-order valence-corrected chi connectivity index (χ3v) is 3.64. The van der Waals surface area contributed by atoms with Gasteiger partial charge in [0.05, 0.1) is 6.04 Å². The Kier molecular flexibility index (Phi) is 4.53. The maximum absolute atomic E-state index is 13.9.